The number of aromatic nitrogens is 1. The highest BCUT2D eigenvalue weighted by Crippen LogP contribution is 2.40. The standard InChI is InChI=1S/C12H11FN2OS/c13-9-5-7(10-6-12(14)15-16-10)1-4-11(9)17-8-2-3-8/h1,4-6,8H,2-3H2,(H2,14,15). The van der Waals surface area contributed by atoms with Gasteiger partial charge in [-0.3, -0.25) is 0 Å². The summed E-state index contributed by atoms with van der Waals surface area (Å²) in [6.45, 7) is 0. The van der Waals surface area contributed by atoms with Crippen LogP contribution in [0, 0.1) is 5.82 Å². The summed E-state index contributed by atoms with van der Waals surface area (Å²) in [5.41, 5.74) is 6.11. The van der Waals surface area contributed by atoms with Crippen molar-refractivity contribution in [1.82, 2.24) is 5.16 Å². The first kappa shape index (κ1) is 10.7. The van der Waals surface area contributed by atoms with Gasteiger partial charge in [0.2, 0.25) is 0 Å². The van der Waals surface area contributed by atoms with E-state index in [0.717, 1.165) is 0 Å². The number of rotatable bonds is 3. The molecular weight excluding hydrogens is 239 g/mol. The molecule has 1 fully saturated rings. The third-order valence-corrected chi connectivity index (χ3v) is 3.95. The summed E-state index contributed by atoms with van der Waals surface area (Å²) in [7, 11) is 0. The smallest absolute Gasteiger partial charge is 0.169 e. The van der Waals surface area contributed by atoms with Crippen molar-refractivity contribution in [3.63, 3.8) is 0 Å². The van der Waals surface area contributed by atoms with Crippen LogP contribution in [0.1, 0.15) is 12.8 Å². The largest absolute Gasteiger partial charge is 0.381 e. The van der Waals surface area contributed by atoms with E-state index >= 15 is 0 Å². The number of benzene rings is 1. The molecule has 0 aliphatic heterocycles. The molecule has 1 aliphatic carbocycles. The molecule has 0 unspecified atom stereocenters. The summed E-state index contributed by atoms with van der Waals surface area (Å²) in [6.07, 6.45) is 2.37. The number of nitrogen functional groups attached to an aromatic ring is 1. The van der Waals surface area contributed by atoms with Crippen LogP contribution in [0.3, 0.4) is 0 Å². The van der Waals surface area contributed by atoms with Gasteiger partial charge in [-0.25, -0.2) is 4.39 Å². The lowest BCUT2D eigenvalue weighted by Gasteiger charge is -2.03. The van der Waals surface area contributed by atoms with Gasteiger partial charge in [0.15, 0.2) is 11.6 Å². The van der Waals surface area contributed by atoms with Crippen LogP contribution in [0.2, 0.25) is 0 Å². The summed E-state index contributed by atoms with van der Waals surface area (Å²) in [5.74, 6) is 0.579. The molecule has 17 heavy (non-hydrogen) atoms. The molecule has 1 saturated carbocycles. The molecule has 0 atom stereocenters. The molecule has 1 aromatic heterocycles. The molecular formula is C12H11FN2OS. The maximum atomic E-state index is 13.8. The normalized spacial score (nSPS) is 15.1. The topological polar surface area (TPSA) is 52.0 Å². The lowest BCUT2D eigenvalue weighted by atomic mass is 10.2. The molecule has 3 rings (SSSR count). The minimum Gasteiger partial charge on any atom is -0.381 e. The highest BCUT2D eigenvalue weighted by molar-refractivity contribution is 8.00. The Kier molecular flexibility index (Phi) is 2.55. The zero-order valence-electron chi connectivity index (χ0n) is 9.02. The highest BCUT2D eigenvalue weighted by atomic mass is 32.2. The lowest BCUT2D eigenvalue weighted by Crippen LogP contribution is -1.85. The molecule has 0 radical (unpaired) electrons. The second-order valence-electron chi connectivity index (χ2n) is 4.08. The maximum absolute atomic E-state index is 13.8. The van der Waals surface area contributed by atoms with E-state index in [1.165, 1.54) is 18.9 Å². The van der Waals surface area contributed by atoms with Crippen LogP contribution in [0.4, 0.5) is 10.2 Å². The molecule has 88 valence electrons. The van der Waals surface area contributed by atoms with Gasteiger partial charge < -0.3 is 10.3 Å². The minimum atomic E-state index is -0.214. The van der Waals surface area contributed by atoms with E-state index in [4.69, 9.17) is 10.3 Å². The third kappa shape index (κ3) is 2.29. The Labute approximate surface area is 102 Å². The fourth-order valence-corrected chi connectivity index (χ4v) is 2.59. The van der Waals surface area contributed by atoms with E-state index < -0.39 is 0 Å². The number of thioether (sulfide) groups is 1. The molecule has 0 spiro atoms. The Balaban J connectivity index is 1.89. The molecule has 0 bridgehead atoms. The van der Waals surface area contributed by atoms with Crippen molar-refractivity contribution in [2.75, 3.05) is 5.73 Å². The fraction of sp³-hybridized carbons (Fsp3) is 0.250. The predicted molar refractivity (Wildman–Crippen MR) is 65.2 cm³/mol. The van der Waals surface area contributed by atoms with Gasteiger partial charge in [0.05, 0.1) is 0 Å². The summed E-state index contributed by atoms with van der Waals surface area (Å²) < 4.78 is 18.8. The van der Waals surface area contributed by atoms with Crippen LogP contribution in [0.25, 0.3) is 11.3 Å². The summed E-state index contributed by atoms with van der Waals surface area (Å²) in [4.78, 5) is 0.698. The van der Waals surface area contributed by atoms with Gasteiger partial charge in [-0.1, -0.05) is 5.16 Å². The van der Waals surface area contributed by atoms with Crippen LogP contribution in [0.15, 0.2) is 33.7 Å². The molecule has 3 nitrogen and oxygen atoms in total. The van der Waals surface area contributed by atoms with Crippen molar-refractivity contribution < 1.29 is 8.91 Å². The summed E-state index contributed by atoms with van der Waals surface area (Å²) in [5, 5.41) is 4.17. The zero-order valence-corrected chi connectivity index (χ0v) is 9.84. The second-order valence-corrected chi connectivity index (χ2v) is 5.42. The monoisotopic (exact) mass is 250 g/mol. The van der Waals surface area contributed by atoms with Gasteiger partial charge in [-0.15, -0.1) is 11.8 Å². The molecule has 1 heterocycles. The van der Waals surface area contributed by atoms with Gasteiger partial charge in [0.1, 0.15) is 5.82 Å². The predicted octanol–water partition coefficient (Wildman–Crippen LogP) is 3.32. The van der Waals surface area contributed by atoms with Crippen molar-refractivity contribution in [2.24, 2.45) is 0 Å². The number of halogens is 1. The van der Waals surface area contributed by atoms with Gasteiger partial charge >= 0.3 is 0 Å². The Morgan fingerprint density at radius 2 is 2.18 bits per heavy atom. The van der Waals surface area contributed by atoms with Crippen LogP contribution in [0.5, 0.6) is 0 Å². The number of nitrogens with zero attached hydrogens (tertiary/aromatic N) is 1. The van der Waals surface area contributed by atoms with Crippen LogP contribution >= 0.6 is 11.8 Å². The molecule has 2 aromatic rings. The lowest BCUT2D eigenvalue weighted by molar-refractivity contribution is 0.435. The van der Waals surface area contributed by atoms with Crippen LogP contribution < -0.4 is 5.73 Å². The molecule has 5 heteroatoms. The molecule has 2 N–H and O–H groups in total. The van der Waals surface area contributed by atoms with Crippen LogP contribution in [-0.2, 0) is 0 Å². The Morgan fingerprint density at radius 1 is 1.35 bits per heavy atom. The highest BCUT2D eigenvalue weighted by Gasteiger charge is 2.24. The maximum Gasteiger partial charge on any atom is 0.169 e. The van der Waals surface area contributed by atoms with Crippen molar-refractivity contribution in [1.29, 1.82) is 0 Å². The van der Waals surface area contributed by atoms with Crippen molar-refractivity contribution in [3.05, 3.63) is 30.1 Å². The van der Waals surface area contributed by atoms with Crippen molar-refractivity contribution >= 4 is 17.6 Å². The molecule has 0 amide bonds. The Hall–Kier alpha value is -1.49. The average Bonchev–Trinajstić information content (AvgIpc) is 3.02. The van der Waals surface area contributed by atoms with E-state index in [9.17, 15) is 4.39 Å². The van der Waals surface area contributed by atoms with E-state index in [1.54, 1.807) is 23.9 Å². The van der Waals surface area contributed by atoms with Gasteiger partial charge in [-0.05, 0) is 31.0 Å². The first-order chi connectivity index (χ1) is 8.22. The average molecular weight is 250 g/mol. The number of hydrogen-bond donors (Lipinski definition) is 1. The fourth-order valence-electron chi connectivity index (χ4n) is 1.54. The van der Waals surface area contributed by atoms with E-state index in [-0.39, 0.29) is 5.82 Å². The second kappa shape index (κ2) is 4.07. The van der Waals surface area contributed by atoms with E-state index in [2.05, 4.69) is 5.16 Å². The van der Waals surface area contributed by atoms with Crippen molar-refractivity contribution in [3.8, 4) is 11.3 Å². The van der Waals surface area contributed by atoms with Gasteiger partial charge in [0, 0.05) is 21.8 Å². The molecule has 0 saturated heterocycles. The number of nitrogens with two attached hydrogens (primary N) is 1. The number of hydrogen-bond acceptors (Lipinski definition) is 4. The minimum absolute atomic E-state index is 0.214. The van der Waals surface area contributed by atoms with Crippen LogP contribution in [-0.4, -0.2) is 10.4 Å². The van der Waals surface area contributed by atoms with E-state index in [0.29, 0.717) is 27.3 Å². The third-order valence-electron chi connectivity index (χ3n) is 2.56. The van der Waals surface area contributed by atoms with Gasteiger partial charge in [-0.2, -0.15) is 0 Å². The SMILES string of the molecule is Nc1cc(-c2ccc(SC3CC3)c(F)c2)on1. The summed E-state index contributed by atoms with van der Waals surface area (Å²) in [6, 6.07) is 6.66. The van der Waals surface area contributed by atoms with E-state index in [1.807, 2.05) is 6.07 Å². The van der Waals surface area contributed by atoms with Crippen molar-refractivity contribution in [2.45, 2.75) is 23.0 Å². The quantitative estimate of drug-likeness (QED) is 0.907. The molecule has 1 aliphatic rings. The zero-order chi connectivity index (χ0) is 11.8. The Bertz CT molecular complexity index is 551. The number of anilines is 1. The first-order valence-corrected chi connectivity index (χ1v) is 6.29. The Morgan fingerprint density at radius 3 is 2.76 bits per heavy atom. The molecule has 1 aromatic carbocycles. The summed E-state index contributed by atoms with van der Waals surface area (Å²) >= 11 is 1.60. The van der Waals surface area contributed by atoms with Gasteiger partial charge in [0.25, 0.3) is 0 Å². The first-order valence-electron chi connectivity index (χ1n) is 5.41.